The van der Waals surface area contributed by atoms with Crippen molar-refractivity contribution in [3.8, 4) is 5.75 Å². The summed E-state index contributed by atoms with van der Waals surface area (Å²) in [6.07, 6.45) is -5.32. The molecule has 7 N–H and O–H groups in total. The number of aliphatic hydroxyl groups is 4. The third-order valence-corrected chi connectivity index (χ3v) is 9.27. The van der Waals surface area contributed by atoms with Gasteiger partial charge in [-0.15, -0.1) is 0 Å². The molecule has 0 fully saturated rings. The number of carbonyl (C=O) groups excluding carboxylic acids is 3. The molecule has 43 heavy (non-hydrogen) atoms. The van der Waals surface area contributed by atoms with E-state index in [4.69, 9.17) is 5.73 Å². The number of carbonyl (C=O) groups is 3. The van der Waals surface area contributed by atoms with Crippen molar-refractivity contribution in [2.24, 2.45) is 17.6 Å². The molecule has 0 radical (unpaired) electrons. The van der Waals surface area contributed by atoms with Gasteiger partial charge in [0, 0.05) is 42.3 Å². The molecule has 0 saturated carbocycles. The average Bonchev–Trinajstić information content (AvgIpc) is 2.91. The lowest BCUT2D eigenvalue weighted by Crippen LogP contribution is -2.68. The van der Waals surface area contributed by atoms with Gasteiger partial charge >= 0.3 is 6.18 Å². The van der Waals surface area contributed by atoms with Crippen molar-refractivity contribution in [1.29, 1.82) is 0 Å². The van der Waals surface area contributed by atoms with E-state index < -0.39 is 93.1 Å². The van der Waals surface area contributed by atoms with Gasteiger partial charge in [0.2, 0.25) is 5.78 Å². The first-order chi connectivity index (χ1) is 19.9. The molecule has 1 amide bonds. The van der Waals surface area contributed by atoms with Crippen molar-refractivity contribution in [3.05, 3.63) is 63.1 Å². The molecule has 3 aliphatic carbocycles. The second-order valence-electron chi connectivity index (χ2n) is 11.8. The third kappa shape index (κ3) is 4.38. The number of fused-ring (bicyclic) bond motifs is 3. The molecule has 1 aliphatic heterocycles. The second kappa shape index (κ2) is 10.2. The number of halogens is 3. The van der Waals surface area contributed by atoms with Gasteiger partial charge < -0.3 is 31.3 Å². The summed E-state index contributed by atoms with van der Waals surface area (Å²) in [5.74, 6) is -9.83. The number of benzene rings is 1. The van der Waals surface area contributed by atoms with Crippen LogP contribution in [-0.2, 0) is 16.1 Å². The van der Waals surface area contributed by atoms with E-state index in [1.807, 2.05) is 0 Å². The maximum Gasteiger partial charge on any atom is 0.412 e. The zero-order valence-electron chi connectivity index (χ0n) is 23.5. The van der Waals surface area contributed by atoms with E-state index in [2.05, 4.69) is 0 Å². The summed E-state index contributed by atoms with van der Waals surface area (Å²) in [5, 5.41) is 57.0. The van der Waals surface area contributed by atoms with Gasteiger partial charge in [-0.2, -0.15) is 13.2 Å². The monoisotopic (exact) mass is 607 g/mol. The quantitative estimate of drug-likeness (QED) is 0.216. The fourth-order valence-electron chi connectivity index (χ4n) is 7.15. The first-order valence-electron chi connectivity index (χ1n) is 13.6. The standard InChI is InChI=1S/C29H32F3N3O8/c1-11-14-5-4-12(10-35-8-6-13(7-9-35)29(30,31)32)21(36)16(14)22(37)17-15(11)23(38)19-20(34(2)3)24(39)18(27(33)42)26(41)28(19,43)25(17)40/h4-6,11,15,19-20,23,36,38-40,43H,7-10H2,1-3H3,(H2,33,42)/t11-,15+,19+,20-,23-,28-/m0/s1. The van der Waals surface area contributed by atoms with Gasteiger partial charge in [0.05, 0.1) is 23.6 Å². The van der Waals surface area contributed by atoms with E-state index in [-0.39, 0.29) is 37.2 Å². The minimum atomic E-state index is -4.43. The van der Waals surface area contributed by atoms with Crippen LogP contribution in [0.3, 0.4) is 0 Å². The number of phenolic OH excluding ortho intramolecular Hbond substituents is 1. The lowest BCUT2D eigenvalue weighted by Gasteiger charge is -2.53. The summed E-state index contributed by atoms with van der Waals surface area (Å²) in [6, 6.07) is 1.72. The average molecular weight is 608 g/mol. The number of phenols is 1. The number of ketones is 2. The number of rotatable bonds is 4. The van der Waals surface area contributed by atoms with Crippen LogP contribution in [0.15, 0.2) is 46.4 Å². The molecule has 0 saturated heterocycles. The van der Waals surface area contributed by atoms with Crippen LogP contribution < -0.4 is 5.73 Å². The normalized spacial score (nSPS) is 31.6. The molecule has 6 atom stereocenters. The van der Waals surface area contributed by atoms with Gasteiger partial charge in [0.15, 0.2) is 11.4 Å². The van der Waals surface area contributed by atoms with Crippen LogP contribution in [0.4, 0.5) is 13.2 Å². The number of Topliss-reactive ketones (excluding diaryl/α,β-unsaturated/α-hetero) is 2. The van der Waals surface area contributed by atoms with Gasteiger partial charge in [0.1, 0.15) is 22.8 Å². The third-order valence-electron chi connectivity index (χ3n) is 9.27. The van der Waals surface area contributed by atoms with Gasteiger partial charge in [-0.05, 0) is 32.0 Å². The van der Waals surface area contributed by atoms with Crippen molar-refractivity contribution < 1.29 is 53.1 Å². The largest absolute Gasteiger partial charge is 0.510 e. The maximum absolute atomic E-state index is 14.0. The van der Waals surface area contributed by atoms with Gasteiger partial charge in [0.25, 0.3) is 5.91 Å². The van der Waals surface area contributed by atoms with Crippen LogP contribution >= 0.6 is 0 Å². The molecule has 11 nitrogen and oxygen atoms in total. The Morgan fingerprint density at radius 3 is 2.37 bits per heavy atom. The second-order valence-corrected chi connectivity index (χ2v) is 11.8. The highest BCUT2D eigenvalue weighted by Gasteiger charge is 2.67. The fraction of sp³-hybridized carbons (Fsp3) is 0.483. The first kappa shape index (κ1) is 30.7. The minimum absolute atomic E-state index is 0.000546. The first-order valence-corrected chi connectivity index (χ1v) is 13.6. The number of likely N-dealkylation sites (N-methyl/N-ethyl adjacent to an activating group) is 1. The Kier molecular flexibility index (Phi) is 7.28. The smallest absolute Gasteiger partial charge is 0.412 e. The van der Waals surface area contributed by atoms with Crippen molar-refractivity contribution >= 4 is 17.5 Å². The highest BCUT2D eigenvalue weighted by Crippen LogP contribution is 2.55. The molecule has 1 heterocycles. The number of primary amides is 1. The van der Waals surface area contributed by atoms with Gasteiger partial charge in [-0.1, -0.05) is 25.1 Å². The molecular formula is C29H32F3N3O8. The number of aliphatic hydroxyl groups excluding tert-OH is 3. The Hall–Kier alpha value is -3.72. The molecular weight excluding hydrogens is 575 g/mol. The molecule has 0 aromatic heterocycles. The van der Waals surface area contributed by atoms with E-state index in [9.17, 15) is 53.1 Å². The molecule has 232 valence electrons. The lowest BCUT2D eigenvalue weighted by atomic mass is 9.55. The molecule has 14 heteroatoms. The Morgan fingerprint density at radius 1 is 1.19 bits per heavy atom. The van der Waals surface area contributed by atoms with E-state index in [0.29, 0.717) is 5.56 Å². The summed E-state index contributed by atoms with van der Waals surface area (Å²) >= 11 is 0. The number of alkyl halides is 3. The van der Waals surface area contributed by atoms with Crippen molar-refractivity contribution in [3.63, 3.8) is 0 Å². The van der Waals surface area contributed by atoms with E-state index in [0.717, 1.165) is 6.08 Å². The van der Waals surface area contributed by atoms with Crippen LogP contribution in [-0.4, -0.2) is 104 Å². The Labute approximate surface area is 244 Å². The summed E-state index contributed by atoms with van der Waals surface area (Å²) < 4.78 is 39.1. The van der Waals surface area contributed by atoms with Gasteiger partial charge in [-0.3, -0.25) is 24.2 Å². The van der Waals surface area contributed by atoms with E-state index >= 15 is 0 Å². The van der Waals surface area contributed by atoms with Crippen LogP contribution in [0.2, 0.25) is 0 Å². The maximum atomic E-state index is 14.0. The Morgan fingerprint density at radius 2 is 1.84 bits per heavy atom. The highest BCUT2D eigenvalue weighted by molar-refractivity contribution is 6.25. The Balaban J connectivity index is 1.60. The summed E-state index contributed by atoms with van der Waals surface area (Å²) in [6.45, 7) is 1.63. The number of nitrogens with zero attached hydrogens (tertiary/aromatic N) is 2. The topological polar surface area (TPSA) is 185 Å². The van der Waals surface area contributed by atoms with Crippen molar-refractivity contribution in [2.45, 2.75) is 49.7 Å². The van der Waals surface area contributed by atoms with Gasteiger partial charge in [-0.25, -0.2) is 0 Å². The SMILES string of the molecule is C[C@H]1c2ccc(CN3CC=C(C(F)(F)F)CC3)c(O)c2C(=O)C2=C(O)[C@]3(O)C(=O)C(C(N)=O)=C(O)[C@@H](N(C)C)[C@@H]3[C@@H](O)[C@@H]21. The zero-order chi connectivity index (χ0) is 31.9. The molecule has 0 bridgehead atoms. The lowest BCUT2D eigenvalue weighted by molar-refractivity contribution is -0.162. The molecule has 4 aliphatic rings. The fourth-order valence-corrected chi connectivity index (χ4v) is 7.15. The predicted molar refractivity (Wildman–Crippen MR) is 144 cm³/mol. The molecule has 1 aromatic carbocycles. The van der Waals surface area contributed by atoms with Crippen LogP contribution in [0.25, 0.3) is 0 Å². The van der Waals surface area contributed by atoms with Crippen LogP contribution in [0, 0.1) is 11.8 Å². The van der Waals surface area contributed by atoms with Crippen LogP contribution in [0.5, 0.6) is 5.75 Å². The molecule has 5 rings (SSSR count). The predicted octanol–water partition coefficient (Wildman–Crippen LogP) is 1.35. The van der Waals surface area contributed by atoms with Crippen molar-refractivity contribution in [2.75, 3.05) is 27.2 Å². The summed E-state index contributed by atoms with van der Waals surface area (Å²) in [4.78, 5) is 42.6. The van der Waals surface area contributed by atoms with Crippen LogP contribution in [0.1, 0.15) is 40.7 Å². The molecule has 0 unspecified atom stereocenters. The van der Waals surface area contributed by atoms with E-state index in [1.54, 1.807) is 17.9 Å². The number of hydrogen-bond acceptors (Lipinski definition) is 10. The minimum Gasteiger partial charge on any atom is -0.510 e. The van der Waals surface area contributed by atoms with Crippen molar-refractivity contribution in [1.82, 2.24) is 9.80 Å². The summed E-state index contributed by atoms with van der Waals surface area (Å²) in [7, 11) is 2.90. The Bertz CT molecular complexity index is 1530. The number of aromatic hydroxyl groups is 1. The number of nitrogens with two attached hydrogens (primary N) is 1. The summed E-state index contributed by atoms with van der Waals surface area (Å²) in [5.41, 5.74) is 0.421. The molecule has 0 spiro atoms. The zero-order valence-corrected chi connectivity index (χ0v) is 23.5. The number of amides is 1. The van der Waals surface area contributed by atoms with E-state index in [1.165, 1.54) is 25.1 Å². The molecule has 1 aromatic rings. The highest BCUT2D eigenvalue weighted by atomic mass is 19.4. The number of hydrogen-bond donors (Lipinski definition) is 6.